The van der Waals surface area contributed by atoms with Gasteiger partial charge >= 0.3 is 5.97 Å². The molecule has 0 saturated heterocycles. The van der Waals surface area contributed by atoms with E-state index in [-0.39, 0.29) is 13.0 Å². The molecule has 1 aromatic heterocycles. The number of aliphatic hydroxyl groups excluding tert-OH is 1. The van der Waals surface area contributed by atoms with E-state index in [1.807, 2.05) is 29.7 Å². The van der Waals surface area contributed by atoms with Crippen molar-refractivity contribution in [1.82, 2.24) is 9.55 Å². The van der Waals surface area contributed by atoms with Gasteiger partial charge in [0.1, 0.15) is 11.6 Å². The molecule has 0 aliphatic rings. The second kappa shape index (κ2) is 7.08. The monoisotopic (exact) mass is 292 g/mol. The van der Waals surface area contributed by atoms with Gasteiger partial charge in [-0.1, -0.05) is 6.92 Å². The number of aliphatic hydroxyl groups is 1. The number of carboxylic acid groups (broad SMARTS) is 1. The van der Waals surface area contributed by atoms with Gasteiger partial charge in [0.25, 0.3) is 0 Å². The Hall–Kier alpha value is -2.08. The molecule has 0 fully saturated rings. The van der Waals surface area contributed by atoms with Crippen LogP contribution in [-0.2, 0) is 17.8 Å². The maximum atomic E-state index is 10.7. The van der Waals surface area contributed by atoms with E-state index in [0.717, 1.165) is 23.2 Å². The van der Waals surface area contributed by atoms with Crippen molar-refractivity contribution in [2.24, 2.45) is 0 Å². The molecule has 0 unspecified atom stereocenters. The Labute approximate surface area is 123 Å². The van der Waals surface area contributed by atoms with E-state index in [0.29, 0.717) is 25.4 Å². The molecule has 0 radical (unpaired) electrons. The van der Waals surface area contributed by atoms with Crippen LogP contribution in [0.3, 0.4) is 0 Å². The second-order valence-electron chi connectivity index (χ2n) is 4.80. The standard InChI is InChI=1S/C15H20N2O4/c1-2-9-21-11-3-4-13-12(10-11)16-14(5-6-15(19)20)17(13)7-8-18/h3-4,10,18H,2,5-9H2,1H3,(H,19,20). The van der Waals surface area contributed by atoms with Crippen LogP contribution in [-0.4, -0.2) is 38.9 Å². The quantitative estimate of drug-likeness (QED) is 0.775. The minimum atomic E-state index is -0.857. The third-order valence-corrected chi connectivity index (χ3v) is 3.16. The average Bonchev–Trinajstić information content (AvgIpc) is 2.80. The van der Waals surface area contributed by atoms with Crippen molar-refractivity contribution in [3.8, 4) is 5.75 Å². The molecule has 6 nitrogen and oxygen atoms in total. The van der Waals surface area contributed by atoms with Crippen LogP contribution < -0.4 is 4.74 Å². The first-order chi connectivity index (χ1) is 10.2. The van der Waals surface area contributed by atoms with Crippen molar-refractivity contribution in [2.75, 3.05) is 13.2 Å². The number of aromatic nitrogens is 2. The number of imidazole rings is 1. The van der Waals surface area contributed by atoms with E-state index in [4.69, 9.17) is 9.84 Å². The van der Waals surface area contributed by atoms with Gasteiger partial charge in [-0.2, -0.15) is 0 Å². The van der Waals surface area contributed by atoms with E-state index >= 15 is 0 Å². The van der Waals surface area contributed by atoms with Gasteiger partial charge in [0.2, 0.25) is 0 Å². The SMILES string of the molecule is CCCOc1ccc2c(c1)nc(CCC(=O)O)n2CCO. The zero-order valence-electron chi connectivity index (χ0n) is 12.1. The fraction of sp³-hybridized carbons (Fsp3) is 0.467. The topological polar surface area (TPSA) is 84.6 Å². The lowest BCUT2D eigenvalue weighted by molar-refractivity contribution is -0.137. The molecule has 0 atom stereocenters. The molecular weight excluding hydrogens is 272 g/mol. The summed E-state index contributed by atoms with van der Waals surface area (Å²) in [6.45, 7) is 3.08. The summed E-state index contributed by atoms with van der Waals surface area (Å²) in [6.07, 6.45) is 1.30. The van der Waals surface area contributed by atoms with E-state index in [2.05, 4.69) is 4.98 Å². The van der Waals surface area contributed by atoms with Crippen molar-refractivity contribution >= 4 is 17.0 Å². The summed E-state index contributed by atoms with van der Waals surface area (Å²) < 4.78 is 7.44. The molecule has 0 spiro atoms. The van der Waals surface area contributed by atoms with Gasteiger partial charge in [-0.3, -0.25) is 4.79 Å². The van der Waals surface area contributed by atoms with Gasteiger partial charge in [-0.05, 0) is 18.6 Å². The Kier molecular flexibility index (Phi) is 5.16. The minimum Gasteiger partial charge on any atom is -0.494 e. The number of fused-ring (bicyclic) bond motifs is 1. The van der Waals surface area contributed by atoms with Crippen LogP contribution >= 0.6 is 0 Å². The molecule has 114 valence electrons. The molecule has 0 amide bonds. The van der Waals surface area contributed by atoms with Gasteiger partial charge in [0, 0.05) is 19.0 Å². The fourth-order valence-corrected chi connectivity index (χ4v) is 2.23. The molecule has 6 heteroatoms. The first kappa shape index (κ1) is 15.3. The van der Waals surface area contributed by atoms with Crippen LogP contribution in [0.2, 0.25) is 0 Å². The van der Waals surface area contributed by atoms with Gasteiger partial charge in [0.05, 0.1) is 30.7 Å². The van der Waals surface area contributed by atoms with Crippen LogP contribution in [0.25, 0.3) is 11.0 Å². The highest BCUT2D eigenvalue weighted by Crippen LogP contribution is 2.23. The number of carbonyl (C=O) groups is 1. The predicted molar refractivity (Wildman–Crippen MR) is 78.6 cm³/mol. The van der Waals surface area contributed by atoms with Gasteiger partial charge in [0.15, 0.2) is 0 Å². The van der Waals surface area contributed by atoms with Crippen LogP contribution in [0.1, 0.15) is 25.6 Å². The first-order valence-electron chi connectivity index (χ1n) is 7.10. The lowest BCUT2D eigenvalue weighted by Gasteiger charge is -2.07. The number of carboxylic acids is 1. The number of aliphatic carboxylic acids is 1. The van der Waals surface area contributed by atoms with Crippen LogP contribution in [0, 0.1) is 0 Å². The van der Waals surface area contributed by atoms with Gasteiger partial charge in [-0.15, -0.1) is 0 Å². The fourth-order valence-electron chi connectivity index (χ4n) is 2.23. The number of aryl methyl sites for hydroxylation is 1. The van der Waals surface area contributed by atoms with Crippen molar-refractivity contribution in [2.45, 2.75) is 32.7 Å². The molecule has 2 rings (SSSR count). The number of hydrogen-bond donors (Lipinski definition) is 2. The Morgan fingerprint density at radius 1 is 1.43 bits per heavy atom. The van der Waals surface area contributed by atoms with Crippen molar-refractivity contribution < 1.29 is 19.7 Å². The number of hydrogen-bond acceptors (Lipinski definition) is 4. The summed E-state index contributed by atoms with van der Waals surface area (Å²) >= 11 is 0. The molecule has 2 N–H and O–H groups in total. The maximum absolute atomic E-state index is 10.7. The van der Waals surface area contributed by atoms with Crippen LogP contribution in [0.5, 0.6) is 5.75 Å². The van der Waals surface area contributed by atoms with Crippen molar-refractivity contribution in [3.05, 3.63) is 24.0 Å². The normalized spacial score (nSPS) is 11.0. The van der Waals surface area contributed by atoms with Crippen molar-refractivity contribution in [3.63, 3.8) is 0 Å². The molecule has 21 heavy (non-hydrogen) atoms. The Morgan fingerprint density at radius 2 is 2.24 bits per heavy atom. The van der Waals surface area contributed by atoms with Crippen LogP contribution in [0.4, 0.5) is 0 Å². The Balaban J connectivity index is 2.33. The minimum absolute atomic E-state index is 0.0143. The molecular formula is C15H20N2O4. The average molecular weight is 292 g/mol. The highest BCUT2D eigenvalue weighted by molar-refractivity contribution is 5.78. The van der Waals surface area contributed by atoms with Gasteiger partial charge in [-0.25, -0.2) is 4.98 Å². The van der Waals surface area contributed by atoms with E-state index in [1.54, 1.807) is 0 Å². The van der Waals surface area contributed by atoms with E-state index in [9.17, 15) is 9.90 Å². The third kappa shape index (κ3) is 3.72. The summed E-state index contributed by atoms with van der Waals surface area (Å²) in [5.74, 6) is 0.571. The lowest BCUT2D eigenvalue weighted by atomic mass is 10.3. The summed E-state index contributed by atoms with van der Waals surface area (Å²) in [4.78, 5) is 15.2. The van der Waals surface area contributed by atoms with Crippen LogP contribution in [0.15, 0.2) is 18.2 Å². The number of ether oxygens (including phenoxy) is 1. The van der Waals surface area contributed by atoms with E-state index < -0.39 is 5.97 Å². The number of nitrogens with zero attached hydrogens (tertiary/aromatic N) is 2. The maximum Gasteiger partial charge on any atom is 0.303 e. The summed E-state index contributed by atoms with van der Waals surface area (Å²) in [5.41, 5.74) is 1.64. The smallest absolute Gasteiger partial charge is 0.303 e. The highest BCUT2D eigenvalue weighted by Gasteiger charge is 2.12. The summed E-state index contributed by atoms with van der Waals surface area (Å²) in [6, 6.07) is 5.62. The predicted octanol–water partition coefficient (Wildman–Crippen LogP) is 1.83. The molecule has 1 heterocycles. The number of rotatable bonds is 8. The Bertz CT molecular complexity index is 621. The summed E-state index contributed by atoms with van der Waals surface area (Å²) in [5, 5.41) is 18.0. The zero-order valence-corrected chi connectivity index (χ0v) is 12.1. The highest BCUT2D eigenvalue weighted by atomic mass is 16.5. The molecule has 0 saturated carbocycles. The van der Waals surface area contributed by atoms with E-state index in [1.165, 1.54) is 0 Å². The molecule has 2 aromatic rings. The summed E-state index contributed by atoms with van der Waals surface area (Å²) in [7, 11) is 0. The molecule has 0 aliphatic heterocycles. The largest absolute Gasteiger partial charge is 0.494 e. The number of benzene rings is 1. The van der Waals surface area contributed by atoms with Crippen molar-refractivity contribution in [1.29, 1.82) is 0 Å². The lowest BCUT2D eigenvalue weighted by Crippen LogP contribution is -2.09. The molecule has 1 aromatic carbocycles. The third-order valence-electron chi connectivity index (χ3n) is 3.16. The second-order valence-corrected chi connectivity index (χ2v) is 4.80. The Morgan fingerprint density at radius 3 is 2.90 bits per heavy atom. The van der Waals surface area contributed by atoms with Gasteiger partial charge < -0.3 is 19.5 Å². The molecule has 0 aliphatic carbocycles. The molecule has 0 bridgehead atoms. The zero-order chi connectivity index (χ0) is 15.2. The first-order valence-corrected chi connectivity index (χ1v) is 7.10.